The summed E-state index contributed by atoms with van der Waals surface area (Å²) in [6, 6.07) is 14.8. The molecular weight excluding hydrogens is 576 g/mol. The number of amides is 1. The summed E-state index contributed by atoms with van der Waals surface area (Å²) in [6.07, 6.45) is 2.56. The number of aliphatic hydroxyl groups is 1. The maximum absolute atomic E-state index is 13.7. The van der Waals surface area contributed by atoms with Crippen LogP contribution in [-0.2, 0) is 16.0 Å². The Hall–Kier alpha value is -4.08. The molecule has 42 heavy (non-hydrogen) atoms. The van der Waals surface area contributed by atoms with Crippen molar-refractivity contribution in [2.24, 2.45) is 0 Å². The number of carbonyl (C=O) groups is 2. The van der Waals surface area contributed by atoms with E-state index in [0.29, 0.717) is 51.3 Å². The molecule has 1 saturated heterocycles. The van der Waals surface area contributed by atoms with E-state index in [1.807, 2.05) is 13.0 Å². The number of hydrogen-bond acceptors (Lipinski definition) is 8. The first-order chi connectivity index (χ1) is 20.3. The Morgan fingerprint density at radius 2 is 1.98 bits per heavy atom. The first-order valence-corrected chi connectivity index (χ1v) is 15.0. The van der Waals surface area contributed by atoms with E-state index in [-0.39, 0.29) is 17.4 Å². The zero-order chi connectivity index (χ0) is 29.5. The summed E-state index contributed by atoms with van der Waals surface area (Å²) < 4.78 is 18.1. The molecule has 6 rings (SSSR count). The fraction of sp³-hybridized carbons (Fsp3) is 0.281. The maximum atomic E-state index is 13.7. The number of Topliss-reactive ketones (excluding diaryl/α,β-unsaturated/α-hetero) is 1. The van der Waals surface area contributed by atoms with Gasteiger partial charge in [0.05, 0.1) is 35.5 Å². The van der Waals surface area contributed by atoms with Crippen LogP contribution in [0.25, 0.3) is 16.0 Å². The Kier molecular flexibility index (Phi) is 7.55. The van der Waals surface area contributed by atoms with Gasteiger partial charge in [0.2, 0.25) is 0 Å². The van der Waals surface area contributed by atoms with Gasteiger partial charge < -0.3 is 19.3 Å². The Balaban J connectivity index is 1.51. The molecule has 2 atom stereocenters. The van der Waals surface area contributed by atoms with E-state index in [2.05, 4.69) is 11.9 Å². The topological polar surface area (TPSA) is 98.2 Å². The van der Waals surface area contributed by atoms with E-state index < -0.39 is 17.7 Å². The number of nitrogens with zero attached hydrogens (tertiary/aromatic N) is 2. The van der Waals surface area contributed by atoms with Gasteiger partial charge in [-0.3, -0.25) is 14.5 Å². The van der Waals surface area contributed by atoms with Gasteiger partial charge in [0.1, 0.15) is 17.6 Å². The average Bonchev–Trinajstić information content (AvgIpc) is 3.64. The van der Waals surface area contributed by atoms with Crippen molar-refractivity contribution < 1.29 is 28.9 Å². The third kappa shape index (κ3) is 4.97. The number of benzene rings is 3. The molecule has 216 valence electrons. The maximum Gasteiger partial charge on any atom is 0.301 e. The van der Waals surface area contributed by atoms with E-state index in [4.69, 9.17) is 25.8 Å². The Morgan fingerprint density at radius 3 is 2.76 bits per heavy atom. The van der Waals surface area contributed by atoms with Gasteiger partial charge in [0.15, 0.2) is 16.6 Å². The second-order valence-electron chi connectivity index (χ2n) is 10.3. The van der Waals surface area contributed by atoms with Gasteiger partial charge >= 0.3 is 5.91 Å². The standard InChI is InChI=1S/C32H29ClN2O6S/c1-4-5-12-40-24-11-6-18(15-25(24)39-3)28-27(29(36)19-7-10-23-20(14-19)13-17(2)41-23)30(37)31(38)35(28)32-34-22-9-8-21(33)16-26(22)42-32/h6-11,14-17,28,36H,4-5,12-13H2,1-3H3. The van der Waals surface area contributed by atoms with Crippen molar-refractivity contribution in [1.82, 2.24) is 4.98 Å². The van der Waals surface area contributed by atoms with Crippen LogP contribution in [-0.4, -0.2) is 41.6 Å². The predicted molar refractivity (Wildman–Crippen MR) is 163 cm³/mol. The number of methoxy groups -OCH3 is 1. The van der Waals surface area contributed by atoms with Crippen molar-refractivity contribution >= 4 is 55.7 Å². The zero-order valence-corrected chi connectivity index (χ0v) is 24.9. The highest BCUT2D eigenvalue weighted by molar-refractivity contribution is 7.22. The summed E-state index contributed by atoms with van der Waals surface area (Å²) in [5.74, 6) is -0.112. The first kappa shape index (κ1) is 28.1. The molecule has 10 heteroatoms. The average molecular weight is 605 g/mol. The van der Waals surface area contributed by atoms with Crippen LogP contribution in [0.1, 0.15) is 49.4 Å². The lowest BCUT2D eigenvalue weighted by Gasteiger charge is -2.24. The number of aliphatic hydroxyl groups excluding tert-OH is 1. The highest BCUT2D eigenvalue weighted by atomic mass is 35.5. The molecular formula is C32H29ClN2O6S. The highest BCUT2D eigenvalue weighted by Gasteiger charge is 2.48. The molecule has 0 saturated carbocycles. The number of anilines is 1. The second-order valence-corrected chi connectivity index (χ2v) is 11.8. The third-order valence-electron chi connectivity index (χ3n) is 7.42. The van der Waals surface area contributed by atoms with Crippen LogP contribution in [0.4, 0.5) is 5.13 Å². The quantitative estimate of drug-likeness (QED) is 0.0992. The van der Waals surface area contributed by atoms with Gasteiger partial charge in [-0.1, -0.05) is 42.3 Å². The number of fused-ring (bicyclic) bond motifs is 2. The second kappa shape index (κ2) is 11.3. The minimum Gasteiger partial charge on any atom is -0.507 e. The van der Waals surface area contributed by atoms with E-state index in [0.717, 1.165) is 28.9 Å². The molecule has 0 spiro atoms. The molecule has 1 aromatic heterocycles. The fourth-order valence-electron chi connectivity index (χ4n) is 5.36. The number of hydrogen-bond donors (Lipinski definition) is 1. The SMILES string of the molecule is CCCCOc1ccc(C2C(=C(O)c3ccc4c(c3)CC(C)O4)C(=O)C(=O)N2c2nc3ccc(Cl)cc3s2)cc1OC. The third-order valence-corrected chi connectivity index (χ3v) is 8.67. The molecule has 0 radical (unpaired) electrons. The molecule has 2 aliphatic rings. The summed E-state index contributed by atoms with van der Waals surface area (Å²) in [7, 11) is 1.54. The normalized spacial score (nSPS) is 19.3. The summed E-state index contributed by atoms with van der Waals surface area (Å²) >= 11 is 7.45. The molecule has 3 heterocycles. The zero-order valence-electron chi connectivity index (χ0n) is 23.3. The van der Waals surface area contributed by atoms with Gasteiger partial charge in [-0.15, -0.1) is 0 Å². The molecule has 2 unspecified atom stereocenters. The molecule has 1 fully saturated rings. The van der Waals surface area contributed by atoms with Gasteiger partial charge in [-0.25, -0.2) is 4.98 Å². The molecule has 8 nitrogen and oxygen atoms in total. The van der Waals surface area contributed by atoms with Crippen LogP contribution in [0, 0.1) is 0 Å². The minimum atomic E-state index is -0.969. The van der Waals surface area contributed by atoms with Crippen molar-refractivity contribution in [2.75, 3.05) is 18.6 Å². The molecule has 2 aliphatic heterocycles. The Morgan fingerprint density at radius 1 is 1.14 bits per heavy atom. The molecule has 1 N–H and O–H groups in total. The van der Waals surface area contributed by atoms with Crippen molar-refractivity contribution in [3.63, 3.8) is 0 Å². The number of rotatable bonds is 8. The van der Waals surface area contributed by atoms with Crippen LogP contribution in [0.2, 0.25) is 5.02 Å². The van der Waals surface area contributed by atoms with Crippen LogP contribution >= 0.6 is 22.9 Å². The van der Waals surface area contributed by atoms with Crippen LogP contribution < -0.4 is 19.1 Å². The molecule has 0 aliphatic carbocycles. The van der Waals surface area contributed by atoms with E-state index in [9.17, 15) is 14.7 Å². The predicted octanol–water partition coefficient (Wildman–Crippen LogP) is 7.09. The van der Waals surface area contributed by atoms with Gasteiger partial charge in [0, 0.05) is 17.0 Å². The molecule has 1 amide bonds. The van der Waals surface area contributed by atoms with Gasteiger partial charge in [0.25, 0.3) is 5.78 Å². The lowest BCUT2D eigenvalue weighted by molar-refractivity contribution is -0.132. The number of aromatic nitrogens is 1. The van der Waals surface area contributed by atoms with Crippen molar-refractivity contribution in [3.05, 3.63) is 81.9 Å². The monoisotopic (exact) mass is 604 g/mol. The largest absolute Gasteiger partial charge is 0.507 e. The minimum absolute atomic E-state index is 0.0149. The summed E-state index contributed by atoms with van der Waals surface area (Å²) in [4.78, 5) is 33.4. The number of carbonyl (C=O) groups excluding carboxylic acids is 2. The number of unbranched alkanes of at least 4 members (excludes halogenated alkanes) is 1. The van der Waals surface area contributed by atoms with Crippen molar-refractivity contribution in [1.29, 1.82) is 0 Å². The van der Waals surface area contributed by atoms with E-state index in [1.165, 1.54) is 23.3 Å². The molecule has 4 aromatic rings. The van der Waals surface area contributed by atoms with Crippen molar-refractivity contribution in [2.45, 2.75) is 45.3 Å². The molecule has 3 aromatic carbocycles. The Bertz CT molecular complexity index is 1750. The summed E-state index contributed by atoms with van der Waals surface area (Å²) in [6.45, 7) is 4.58. The van der Waals surface area contributed by atoms with Crippen LogP contribution in [0.5, 0.6) is 17.2 Å². The van der Waals surface area contributed by atoms with E-state index in [1.54, 1.807) is 48.5 Å². The number of halogens is 1. The molecule has 0 bridgehead atoms. The summed E-state index contributed by atoms with van der Waals surface area (Å²) in [5.41, 5.74) is 2.52. The highest BCUT2D eigenvalue weighted by Crippen LogP contribution is 2.46. The van der Waals surface area contributed by atoms with Gasteiger partial charge in [-0.05, 0) is 73.0 Å². The summed E-state index contributed by atoms with van der Waals surface area (Å²) in [5, 5.41) is 12.5. The lowest BCUT2D eigenvalue weighted by Crippen LogP contribution is -2.29. The number of ketones is 1. The van der Waals surface area contributed by atoms with Crippen molar-refractivity contribution in [3.8, 4) is 17.2 Å². The number of ether oxygens (including phenoxy) is 3. The van der Waals surface area contributed by atoms with Crippen LogP contribution in [0.15, 0.2) is 60.2 Å². The lowest BCUT2D eigenvalue weighted by atomic mass is 9.94. The fourth-order valence-corrected chi connectivity index (χ4v) is 6.63. The van der Waals surface area contributed by atoms with E-state index >= 15 is 0 Å². The van der Waals surface area contributed by atoms with Gasteiger partial charge in [-0.2, -0.15) is 0 Å². The van der Waals surface area contributed by atoms with Crippen LogP contribution in [0.3, 0.4) is 0 Å². The Labute approximate surface area is 252 Å². The first-order valence-electron chi connectivity index (χ1n) is 13.8. The smallest absolute Gasteiger partial charge is 0.301 e. The number of thiazole rings is 1.